The Bertz CT molecular complexity index is 710. The molecule has 0 spiro atoms. The normalized spacial score (nSPS) is 19.5. The molecule has 27 heavy (non-hydrogen) atoms. The molecule has 2 heterocycles. The summed E-state index contributed by atoms with van der Waals surface area (Å²) >= 11 is 0. The highest BCUT2D eigenvalue weighted by atomic mass is 16.2. The lowest BCUT2D eigenvalue weighted by Gasteiger charge is -2.34. The number of rotatable bonds is 6. The van der Waals surface area contributed by atoms with Gasteiger partial charge < -0.3 is 0 Å². The molecule has 0 N–H and O–H groups in total. The van der Waals surface area contributed by atoms with E-state index in [1.165, 1.54) is 4.90 Å². The van der Waals surface area contributed by atoms with Crippen LogP contribution in [0.5, 0.6) is 0 Å². The van der Waals surface area contributed by atoms with Gasteiger partial charge in [-0.05, 0) is 46.0 Å². The second kappa shape index (κ2) is 7.02. The van der Waals surface area contributed by atoms with E-state index in [1.54, 1.807) is 0 Å². The minimum absolute atomic E-state index is 0.0198. The van der Waals surface area contributed by atoms with Crippen LogP contribution in [0.15, 0.2) is 6.20 Å². The average Bonchev–Trinajstić information content (AvgIpc) is 3.11. The number of carbonyl (C=O) groups excluding carboxylic acids is 2. The zero-order valence-electron chi connectivity index (χ0n) is 18.5. The maximum Gasteiger partial charge on any atom is 0.233 e. The molecular formula is C21H36N4O2. The number of nitrogens with zero attached hydrogens (tertiary/aromatic N) is 4. The topological polar surface area (TPSA) is 68.1 Å². The van der Waals surface area contributed by atoms with E-state index >= 15 is 0 Å². The minimum atomic E-state index is -0.249. The fourth-order valence-corrected chi connectivity index (χ4v) is 3.62. The molecule has 1 aromatic heterocycles. The van der Waals surface area contributed by atoms with Crippen molar-refractivity contribution in [2.24, 2.45) is 11.3 Å². The van der Waals surface area contributed by atoms with Crippen molar-refractivity contribution in [3.8, 4) is 0 Å². The molecule has 0 aliphatic carbocycles. The molecule has 0 radical (unpaired) electrons. The first kappa shape index (κ1) is 21.6. The van der Waals surface area contributed by atoms with Crippen LogP contribution in [0.3, 0.4) is 0 Å². The third kappa shape index (κ3) is 4.41. The Morgan fingerprint density at radius 3 is 2.11 bits per heavy atom. The van der Waals surface area contributed by atoms with Crippen LogP contribution in [-0.4, -0.2) is 37.7 Å². The molecule has 152 valence electrons. The number of imide groups is 1. The molecule has 1 saturated heterocycles. The molecule has 0 aromatic carbocycles. The van der Waals surface area contributed by atoms with E-state index in [4.69, 9.17) is 0 Å². The molecule has 6 heteroatoms. The van der Waals surface area contributed by atoms with Crippen LogP contribution in [0.1, 0.15) is 87.3 Å². The molecule has 2 rings (SSSR count). The Kier molecular flexibility index (Phi) is 5.61. The lowest BCUT2D eigenvalue weighted by molar-refractivity contribution is -0.142. The minimum Gasteiger partial charge on any atom is -0.280 e. The molecule has 1 atom stereocenters. The number of hydrogen-bond acceptors (Lipinski definition) is 4. The third-order valence-corrected chi connectivity index (χ3v) is 5.91. The van der Waals surface area contributed by atoms with Crippen molar-refractivity contribution in [3.63, 3.8) is 0 Å². The standard InChI is InChI=1S/C21H36N4O2/c1-14(2)25-17(26)12-15(18(25)27)20(6,7)10-11-21(8,9)24-13-16(22-23-24)19(3,4)5/h13-15H,10-12H2,1-9H3. The van der Waals surface area contributed by atoms with Crippen molar-refractivity contribution in [1.29, 1.82) is 0 Å². The SMILES string of the molecule is CC(C)N1C(=O)CC(C(C)(C)CCC(C)(C)n2cc(C(C)(C)C)nn2)C1=O. The van der Waals surface area contributed by atoms with Crippen LogP contribution in [0.4, 0.5) is 0 Å². The molecule has 2 amide bonds. The summed E-state index contributed by atoms with van der Waals surface area (Å²) in [4.78, 5) is 26.5. The summed E-state index contributed by atoms with van der Waals surface area (Å²) in [7, 11) is 0. The summed E-state index contributed by atoms with van der Waals surface area (Å²) in [6.45, 7) is 18.7. The fourth-order valence-electron chi connectivity index (χ4n) is 3.62. The molecule has 1 unspecified atom stereocenters. The summed E-state index contributed by atoms with van der Waals surface area (Å²) in [6.07, 6.45) is 4.03. The molecule has 1 aliphatic rings. The first-order valence-corrected chi connectivity index (χ1v) is 9.96. The van der Waals surface area contributed by atoms with Gasteiger partial charge in [-0.2, -0.15) is 0 Å². The maximum atomic E-state index is 12.8. The molecular weight excluding hydrogens is 340 g/mol. The van der Waals surface area contributed by atoms with Gasteiger partial charge in [-0.15, -0.1) is 5.10 Å². The Morgan fingerprint density at radius 1 is 1.07 bits per heavy atom. The summed E-state index contributed by atoms with van der Waals surface area (Å²) in [5.74, 6) is -0.309. The van der Waals surface area contributed by atoms with Gasteiger partial charge in [0, 0.05) is 24.1 Å². The van der Waals surface area contributed by atoms with Crippen LogP contribution >= 0.6 is 0 Å². The number of likely N-dealkylation sites (tertiary alicyclic amines) is 1. The van der Waals surface area contributed by atoms with Crippen LogP contribution in [0, 0.1) is 11.3 Å². The first-order chi connectivity index (χ1) is 12.2. The Hall–Kier alpha value is -1.72. The molecule has 1 aromatic rings. The predicted molar refractivity (Wildman–Crippen MR) is 106 cm³/mol. The van der Waals surface area contributed by atoms with Gasteiger partial charge in [0.25, 0.3) is 0 Å². The van der Waals surface area contributed by atoms with Gasteiger partial charge in [0.05, 0.1) is 17.2 Å². The summed E-state index contributed by atoms with van der Waals surface area (Å²) < 4.78 is 1.94. The van der Waals surface area contributed by atoms with Crippen molar-refractivity contribution in [2.75, 3.05) is 0 Å². The maximum absolute atomic E-state index is 12.8. The van der Waals surface area contributed by atoms with Gasteiger partial charge in [0.1, 0.15) is 0 Å². The Labute approximate surface area is 163 Å². The first-order valence-electron chi connectivity index (χ1n) is 9.96. The van der Waals surface area contributed by atoms with Gasteiger partial charge in [-0.3, -0.25) is 14.5 Å². The number of hydrogen-bond donors (Lipinski definition) is 0. The van der Waals surface area contributed by atoms with Crippen molar-refractivity contribution >= 4 is 11.8 Å². The Balaban J connectivity index is 2.11. The zero-order valence-corrected chi connectivity index (χ0v) is 18.5. The van der Waals surface area contributed by atoms with E-state index in [1.807, 2.05) is 24.7 Å². The highest BCUT2D eigenvalue weighted by molar-refractivity contribution is 6.04. The van der Waals surface area contributed by atoms with Crippen LogP contribution < -0.4 is 0 Å². The summed E-state index contributed by atoms with van der Waals surface area (Å²) in [5.41, 5.74) is 0.474. The quantitative estimate of drug-likeness (QED) is 0.706. The van der Waals surface area contributed by atoms with Gasteiger partial charge in [0.2, 0.25) is 11.8 Å². The molecule has 1 fully saturated rings. The van der Waals surface area contributed by atoms with Gasteiger partial charge in [-0.1, -0.05) is 39.8 Å². The monoisotopic (exact) mass is 376 g/mol. The van der Waals surface area contributed by atoms with E-state index in [0.29, 0.717) is 6.42 Å². The van der Waals surface area contributed by atoms with E-state index in [-0.39, 0.29) is 40.1 Å². The molecule has 1 aliphatic heterocycles. The van der Waals surface area contributed by atoms with Gasteiger partial charge >= 0.3 is 0 Å². The number of aromatic nitrogens is 3. The fraction of sp³-hybridized carbons (Fsp3) is 0.810. The van der Waals surface area contributed by atoms with Crippen molar-refractivity contribution in [3.05, 3.63) is 11.9 Å². The summed E-state index contributed by atoms with van der Waals surface area (Å²) in [6, 6.07) is -0.0757. The lowest BCUT2D eigenvalue weighted by atomic mass is 9.72. The van der Waals surface area contributed by atoms with Crippen molar-refractivity contribution in [1.82, 2.24) is 19.9 Å². The molecule has 6 nitrogen and oxygen atoms in total. The van der Waals surface area contributed by atoms with Gasteiger partial charge in [-0.25, -0.2) is 4.68 Å². The zero-order chi connectivity index (χ0) is 20.8. The van der Waals surface area contributed by atoms with Crippen LogP contribution in [-0.2, 0) is 20.5 Å². The highest BCUT2D eigenvalue weighted by Crippen LogP contribution is 2.42. The lowest BCUT2D eigenvalue weighted by Crippen LogP contribution is -2.39. The largest absolute Gasteiger partial charge is 0.280 e. The third-order valence-electron chi connectivity index (χ3n) is 5.91. The molecule has 0 saturated carbocycles. The van der Waals surface area contributed by atoms with Crippen molar-refractivity contribution in [2.45, 2.75) is 98.6 Å². The predicted octanol–water partition coefficient (Wildman–Crippen LogP) is 3.90. The average molecular weight is 377 g/mol. The number of amides is 2. The van der Waals surface area contributed by atoms with E-state index in [0.717, 1.165) is 18.5 Å². The van der Waals surface area contributed by atoms with E-state index < -0.39 is 0 Å². The highest BCUT2D eigenvalue weighted by Gasteiger charge is 2.47. The van der Waals surface area contributed by atoms with E-state index in [2.05, 4.69) is 58.8 Å². The van der Waals surface area contributed by atoms with Crippen molar-refractivity contribution < 1.29 is 9.59 Å². The smallest absolute Gasteiger partial charge is 0.233 e. The Morgan fingerprint density at radius 2 is 1.67 bits per heavy atom. The van der Waals surface area contributed by atoms with Crippen LogP contribution in [0.2, 0.25) is 0 Å². The summed E-state index contributed by atoms with van der Waals surface area (Å²) in [5, 5.41) is 8.69. The van der Waals surface area contributed by atoms with E-state index in [9.17, 15) is 9.59 Å². The van der Waals surface area contributed by atoms with Gasteiger partial charge in [0.15, 0.2) is 0 Å². The second-order valence-electron chi connectivity index (χ2n) is 10.6. The van der Waals surface area contributed by atoms with Crippen LogP contribution in [0.25, 0.3) is 0 Å². The second-order valence-corrected chi connectivity index (χ2v) is 10.6. The molecule has 0 bridgehead atoms. The number of carbonyl (C=O) groups is 2.